The zero-order valence-corrected chi connectivity index (χ0v) is 10.2. The van der Waals surface area contributed by atoms with Crippen molar-refractivity contribution >= 4 is 16.9 Å². The summed E-state index contributed by atoms with van der Waals surface area (Å²) in [5.74, 6) is 0.876. The lowest BCUT2D eigenvalue weighted by Gasteiger charge is -2.32. The molecular weight excluding hydrogens is 253 g/mol. The summed E-state index contributed by atoms with van der Waals surface area (Å²) in [6.07, 6.45) is -3.17. The predicted molar refractivity (Wildman–Crippen MR) is 61.4 cm³/mol. The van der Waals surface area contributed by atoms with Crippen LogP contribution in [0.1, 0.15) is 19.3 Å². The summed E-state index contributed by atoms with van der Waals surface area (Å²) in [5, 5.41) is 3.91. The molecule has 0 aliphatic carbocycles. The van der Waals surface area contributed by atoms with Gasteiger partial charge >= 0.3 is 6.18 Å². The molecular formula is C10H15F3N2OS. The van der Waals surface area contributed by atoms with Gasteiger partial charge in [-0.15, -0.1) is 0 Å². The lowest BCUT2D eigenvalue weighted by atomic mass is 9.93. The first kappa shape index (κ1) is 13.0. The second-order valence-corrected chi connectivity index (χ2v) is 5.32. The molecule has 2 aliphatic heterocycles. The molecule has 0 radical (unpaired) electrons. The highest BCUT2D eigenvalue weighted by atomic mass is 32.2. The van der Waals surface area contributed by atoms with Crippen LogP contribution in [0, 0.1) is 0 Å². The maximum Gasteiger partial charge on any atom is 0.390 e. The fourth-order valence-electron chi connectivity index (χ4n) is 1.91. The summed E-state index contributed by atoms with van der Waals surface area (Å²) in [6.45, 7) is 1.23. The molecule has 2 aliphatic rings. The molecule has 0 aromatic carbocycles. The molecule has 2 fully saturated rings. The van der Waals surface area contributed by atoms with Crippen molar-refractivity contribution in [3.63, 3.8) is 0 Å². The highest BCUT2D eigenvalue weighted by Crippen LogP contribution is 2.31. The summed E-state index contributed by atoms with van der Waals surface area (Å²) in [7, 11) is 0. The van der Waals surface area contributed by atoms with Crippen molar-refractivity contribution in [1.82, 2.24) is 5.32 Å². The zero-order valence-electron chi connectivity index (χ0n) is 9.35. The summed E-state index contributed by atoms with van der Waals surface area (Å²) < 4.78 is 41.2. The second kappa shape index (κ2) is 5.06. The largest absolute Gasteiger partial charge is 0.390 e. The Morgan fingerprint density at radius 1 is 1.35 bits per heavy atom. The Hall–Kier alpha value is -0.430. The normalized spacial score (nSPS) is 26.4. The van der Waals surface area contributed by atoms with Crippen LogP contribution in [0.25, 0.3) is 0 Å². The lowest BCUT2D eigenvalue weighted by Crippen LogP contribution is -2.48. The highest BCUT2D eigenvalue weighted by molar-refractivity contribution is 8.14. The molecule has 2 rings (SSSR count). The quantitative estimate of drug-likeness (QED) is 0.833. The molecule has 17 heavy (non-hydrogen) atoms. The second-order valence-electron chi connectivity index (χ2n) is 4.36. The average Bonchev–Trinajstić information content (AvgIpc) is 2.61. The first-order valence-electron chi connectivity index (χ1n) is 5.59. The predicted octanol–water partition coefficient (Wildman–Crippen LogP) is 2.18. The van der Waals surface area contributed by atoms with Crippen molar-refractivity contribution in [3.05, 3.63) is 0 Å². The SMILES string of the molecule is FC(F)(F)CCN=C1NC2(CCOCC2)CS1. The van der Waals surface area contributed by atoms with E-state index in [2.05, 4.69) is 10.3 Å². The average molecular weight is 268 g/mol. The van der Waals surface area contributed by atoms with Gasteiger partial charge in [0.2, 0.25) is 0 Å². The molecule has 3 nitrogen and oxygen atoms in total. The Morgan fingerprint density at radius 2 is 2.06 bits per heavy atom. The number of amidine groups is 1. The minimum absolute atomic E-state index is 0.0000174. The Labute approximate surface area is 102 Å². The van der Waals surface area contributed by atoms with E-state index in [1.54, 1.807) is 0 Å². The summed E-state index contributed by atoms with van der Waals surface area (Å²) >= 11 is 1.51. The monoisotopic (exact) mass is 268 g/mol. The van der Waals surface area contributed by atoms with Gasteiger partial charge in [-0.25, -0.2) is 0 Å². The van der Waals surface area contributed by atoms with E-state index in [1.807, 2.05) is 0 Å². The van der Waals surface area contributed by atoms with Crippen LogP contribution in [0.2, 0.25) is 0 Å². The van der Waals surface area contributed by atoms with Crippen LogP contribution in [-0.2, 0) is 4.74 Å². The molecule has 0 amide bonds. The number of hydrogen-bond donors (Lipinski definition) is 1. The van der Waals surface area contributed by atoms with E-state index in [0.717, 1.165) is 18.6 Å². The number of nitrogens with zero attached hydrogens (tertiary/aromatic N) is 1. The van der Waals surface area contributed by atoms with Crippen molar-refractivity contribution in [2.45, 2.75) is 31.0 Å². The third-order valence-electron chi connectivity index (χ3n) is 2.96. The highest BCUT2D eigenvalue weighted by Gasteiger charge is 2.38. The minimum Gasteiger partial charge on any atom is -0.381 e. The Bertz CT molecular complexity index is 300. The molecule has 98 valence electrons. The molecule has 1 N–H and O–H groups in total. The van der Waals surface area contributed by atoms with E-state index >= 15 is 0 Å². The standard InChI is InChI=1S/C10H15F3N2OS/c11-10(12,13)1-4-14-8-15-9(7-17-8)2-5-16-6-3-9/h1-7H2,(H,14,15). The van der Waals surface area contributed by atoms with Gasteiger partial charge in [-0.2, -0.15) is 13.2 Å². The fraction of sp³-hybridized carbons (Fsp3) is 0.900. The van der Waals surface area contributed by atoms with Crippen LogP contribution in [-0.4, -0.2) is 42.4 Å². The van der Waals surface area contributed by atoms with Crippen molar-refractivity contribution in [1.29, 1.82) is 0 Å². The van der Waals surface area contributed by atoms with Crippen LogP contribution in [0.5, 0.6) is 0 Å². The fourth-order valence-corrected chi connectivity index (χ4v) is 3.15. The van der Waals surface area contributed by atoms with E-state index in [4.69, 9.17) is 4.74 Å². The van der Waals surface area contributed by atoms with E-state index in [-0.39, 0.29) is 12.1 Å². The van der Waals surface area contributed by atoms with E-state index in [9.17, 15) is 13.2 Å². The Morgan fingerprint density at radius 3 is 2.71 bits per heavy atom. The van der Waals surface area contributed by atoms with Gasteiger partial charge in [0.25, 0.3) is 0 Å². The number of ether oxygens (including phenoxy) is 1. The molecule has 0 saturated carbocycles. The minimum atomic E-state index is -4.12. The smallest absolute Gasteiger partial charge is 0.381 e. The number of alkyl halides is 3. The van der Waals surface area contributed by atoms with E-state index in [1.165, 1.54) is 11.8 Å². The van der Waals surface area contributed by atoms with Gasteiger partial charge in [0, 0.05) is 19.0 Å². The molecule has 2 heterocycles. The molecule has 0 unspecified atom stereocenters. The maximum absolute atomic E-state index is 12.0. The van der Waals surface area contributed by atoms with Gasteiger partial charge < -0.3 is 10.1 Å². The van der Waals surface area contributed by atoms with Crippen LogP contribution in [0.3, 0.4) is 0 Å². The molecule has 0 bridgehead atoms. The molecule has 7 heteroatoms. The number of thioether (sulfide) groups is 1. The van der Waals surface area contributed by atoms with Crippen molar-refractivity contribution in [2.24, 2.45) is 4.99 Å². The van der Waals surface area contributed by atoms with Crippen molar-refractivity contribution in [2.75, 3.05) is 25.5 Å². The summed E-state index contributed by atoms with van der Waals surface area (Å²) in [6, 6.07) is 0. The lowest BCUT2D eigenvalue weighted by molar-refractivity contribution is -0.132. The van der Waals surface area contributed by atoms with Gasteiger partial charge in [0.05, 0.1) is 18.5 Å². The Balaban J connectivity index is 1.82. The van der Waals surface area contributed by atoms with Gasteiger partial charge in [0.15, 0.2) is 5.17 Å². The van der Waals surface area contributed by atoms with Gasteiger partial charge in [-0.3, -0.25) is 4.99 Å². The third-order valence-corrected chi connectivity index (χ3v) is 4.16. The number of rotatable bonds is 2. The molecule has 1 spiro atoms. The van der Waals surface area contributed by atoms with Gasteiger partial charge in [-0.05, 0) is 12.8 Å². The number of hydrogen-bond acceptors (Lipinski definition) is 3. The van der Waals surface area contributed by atoms with Crippen LogP contribution >= 0.6 is 11.8 Å². The Kier molecular flexibility index (Phi) is 3.87. The zero-order chi connectivity index (χ0) is 12.4. The summed E-state index contributed by atoms with van der Waals surface area (Å²) in [5.41, 5.74) is -0.0000174. The van der Waals surface area contributed by atoms with E-state index in [0.29, 0.717) is 18.4 Å². The van der Waals surface area contributed by atoms with Crippen LogP contribution in [0.4, 0.5) is 13.2 Å². The first-order valence-corrected chi connectivity index (χ1v) is 6.58. The number of nitrogens with one attached hydrogen (secondary N) is 1. The number of halogens is 3. The molecule has 2 saturated heterocycles. The molecule has 0 atom stereocenters. The van der Waals surface area contributed by atoms with Crippen LogP contribution < -0.4 is 5.32 Å². The number of aliphatic imine (C=N–C) groups is 1. The third kappa shape index (κ3) is 3.77. The summed E-state index contributed by atoms with van der Waals surface area (Å²) in [4.78, 5) is 3.97. The van der Waals surface area contributed by atoms with Gasteiger partial charge in [-0.1, -0.05) is 11.8 Å². The topological polar surface area (TPSA) is 33.6 Å². The molecule has 0 aromatic heterocycles. The molecule has 0 aromatic rings. The van der Waals surface area contributed by atoms with Crippen molar-refractivity contribution < 1.29 is 17.9 Å². The first-order chi connectivity index (χ1) is 7.99. The maximum atomic E-state index is 12.0. The van der Waals surface area contributed by atoms with E-state index < -0.39 is 12.6 Å². The van der Waals surface area contributed by atoms with Crippen LogP contribution in [0.15, 0.2) is 4.99 Å². The van der Waals surface area contributed by atoms with Gasteiger partial charge in [0.1, 0.15) is 0 Å². The van der Waals surface area contributed by atoms with Crippen molar-refractivity contribution in [3.8, 4) is 0 Å².